The van der Waals surface area contributed by atoms with E-state index in [0.717, 1.165) is 5.06 Å². The van der Waals surface area contributed by atoms with Crippen LogP contribution >= 0.6 is 0 Å². The summed E-state index contributed by atoms with van der Waals surface area (Å²) in [6.07, 6.45) is 1.49. The monoisotopic (exact) mass is 487 g/mol. The molecule has 0 saturated heterocycles. The maximum Gasteiger partial charge on any atom is 0.292 e. The van der Waals surface area contributed by atoms with E-state index in [2.05, 4.69) is 5.10 Å². The Labute approximate surface area is 199 Å². The van der Waals surface area contributed by atoms with Crippen molar-refractivity contribution < 1.29 is 27.5 Å². The van der Waals surface area contributed by atoms with Crippen molar-refractivity contribution in [3.63, 3.8) is 0 Å². The lowest BCUT2D eigenvalue weighted by atomic mass is 10.2. The van der Waals surface area contributed by atoms with E-state index < -0.39 is 21.0 Å². The van der Waals surface area contributed by atoms with E-state index in [-0.39, 0.29) is 22.6 Å². The Morgan fingerprint density at radius 1 is 1.06 bits per heavy atom. The van der Waals surface area contributed by atoms with E-state index in [1.807, 2.05) is 6.92 Å². The zero-order chi connectivity index (χ0) is 24.9. The van der Waals surface area contributed by atoms with Crippen molar-refractivity contribution >= 4 is 21.6 Å². The summed E-state index contributed by atoms with van der Waals surface area (Å²) in [5, 5.41) is 4.79. The number of hydrogen-bond acceptors (Lipinski definition) is 7. The van der Waals surface area contributed by atoms with Crippen LogP contribution in [0.15, 0.2) is 65.7 Å². The Bertz CT molecular complexity index is 1220. The molecular weight excluding hydrogens is 458 g/mol. The number of methoxy groups -OCH3 is 1. The number of nitrogens with zero attached hydrogens (tertiary/aromatic N) is 3. The third kappa shape index (κ3) is 5.95. The van der Waals surface area contributed by atoms with Crippen LogP contribution in [-0.2, 0) is 21.6 Å². The predicted octanol–water partition coefficient (Wildman–Crippen LogP) is 3.66. The third-order valence-electron chi connectivity index (χ3n) is 4.88. The van der Waals surface area contributed by atoms with Gasteiger partial charge in [0.2, 0.25) is 0 Å². The Morgan fingerprint density at radius 3 is 2.35 bits per heavy atom. The predicted molar refractivity (Wildman–Crippen MR) is 128 cm³/mol. The summed E-state index contributed by atoms with van der Waals surface area (Å²) in [5.74, 6) is 0.593. The fourth-order valence-corrected chi connectivity index (χ4v) is 4.15. The molecule has 0 radical (unpaired) electrons. The molecule has 0 bridgehead atoms. The van der Waals surface area contributed by atoms with E-state index in [0.29, 0.717) is 17.9 Å². The average Bonchev–Trinajstić information content (AvgIpc) is 3.23. The van der Waals surface area contributed by atoms with Crippen molar-refractivity contribution in [1.29, 1.82) is 0 Å². The van der Waals surface area contributed by atoms with E-state index in [9.17, 15) is 13.2 Å². The number of ether oxygens (including phenoxy) is 2. The van der Waals surface area contributed by atoms with Crippen molar-refractivity contribution in [2.24, 2.45) is 7.05 Å². The second-order valence-corrected chi connectivity index (χ2v) is 10.5. The largest absolute Gasteiger partial charge is 0.488 e. The maximum absolute atomic E-state index is 13.4. The smallest absolute Gasteiger partial charge is 0.292 e. The highest BCUT2D eigenvalue weighted by Crippen LogP contribution is 2.24. The number of benzene rings is 2. The first-order valence-corrected chi connectivity index (χ1v) is 12.3. The van der Waals surface area contributed by atoms with Gasteiger partial charge in [0, 0.05) is 32.0 Å². The highest BCUT2D eigenvalue weighted by molar-refractivity contribution is 7.92. The fourth-order valence-electron chi connectivity index (χ4n) is 3.09. The van der Waals surface area contributed by atoms with Crippen LogP contribution in [0.3, 0.4) is 0 Å². The van der Waals surface area contributed by atoms with E-state index in [1.54, 1.807) is 69.2 Å². The van der Waals surface area contributed by atoms with Gasteiger partial charge < -0.3 is 14.3 Å². The summed E-state index contributed by atoms with van der Waals surface area (Å²) in [4.78, 5) is 19.5. The maximum atomic E-state index is 13.4. The molecule has 3 rings (SSSR count). The second-order valence-electron chi connectivity index (χ2n) is 8.02. The second kappa shape index (κ2) is 10.7. The van der Waals surface area contributed by atoms with Gasteiger partial charge in [0.25, 0.3) is 5.91 Å². The van der Waals surface area contributed by atoms with E-state index in [4.69, 9.17) is 14.3 Å². The number of sulfone groups is 1. The SMILES string of the molecule is COC[C@H](C)Oc1cccc(C(=O)N(Oc2ccc(S(=O)(=O)C(C)C)cc2)c2ccn(C)n2)c1. The lowest BCUT2D eigenvalue weighted by Crippen LogP contribution is -2.35. The van der Waals surface area contributed by atoms with Crippen LogP contribution in [0.25, 0.3) is 0 Å². The molecule has 1 atom stereocenters. The summed E-state index contributed by atoms with van der Waals surface area (Å²) in [6, 6.07) is 14.3. The Hall–Kier alpha value is -3.37. The van der Waals surface area contributed by atoms with Crippen molar-refractivity contribution in [2.75, 3.05) is 18.8 Å². The average molecular weight is 488 g/mol. The molecule has 1 heterocycles. The number of amides is 1. The standard InChI is InChI=1S/C24H29N3O6S/c1-17(2)34(29,30)22-11-9-20(10-12-22)33-27(23-13-14-26(4)25-23)24(28)19-7-6-8-21(15-19)32-18(3)16-31-5/h6-15,17-18H,16H2,1-5H3/t18-/m0/s1. The molecule has 0 aliphatic carbocycles. The number of aryl methyl sites for hydroxylation is 1. The van der Waals surface area contributed by atoms with Gasteiger partial charge in [-0.25, -0.2) is 8.42 Å². The highest BCUT2D eigenvalue weighted by atomic mass is 32.2. The number of hydrogen-bond donors (Lipinski definition) is 0. The Kier molecular flexibility index (Phi) is 7.95. The molecule has 34 heavy (non-hydrogen) atoms. The lowest BCUT2D eigenvalue weighted by molar-refractivity contribution is 0.0869. The number of rotatable bonds is 10. The first kappa shape index (κ1) is 25.3. The molecule has 10 heteroatoms. The van der Waals surface area contributed by atoms with Crippen LogP contribution in [0, 0.1) is 0 Å². The zero-order valence-corrected chi connectivity index (χ0v) is 20.7. The van der Waals surface area contributed by atoms with Gasteiger partial charge >= 0.3 is 0 Å². The normalized spacial score (nSPS) is 12.4. The van der Waals surface area contributed by atoms with Crippen LogP contribution in [-0.4, -0.2) is 49.2 Å². The van der Waals surface area contributed by atoms with Gasteiger partial charge in [-0.15, -0.1) is 5.06 Å². The van der Waals surface area contributed by atoms with Gasteiger partial charge in [-0.05, 0) is 63.2 Å². The minimum atomic E-state index is -3.42. The first-order chi connectivity index (χ1) is 16.1. The van der Waals surface area contributed by atoms with Gasteiger partial charge in [-0.2, -0.15) is 5.10 Å². The Morgan fingerprint density at radius 2 is 1.76 bits per heavy atom. The van der Waals surface area contributed by atoms with Crippen molar-refractivity contribution in [2.45, 2.75) is 37.0 Å². The topological polar surface area (TPSA) is 100.0 Å². The van der Waals surface area contributed by atoms with Crippen LogP contribution in [0.4, 0.5) is 5.82 Å². The molecule has 0 fully saturated rings. The van der Waals surface area contributed by atoms with Gasteiger partial charge in [-0.1, -0.05) is 6.07 Å². The van der Waals surface area contributed by atoms with Crippen molar-refractivity contribution in [3.05, 3.63) is 66.4 Å². The van der Waals surface area contributed by atoms with E-state index in [1.165, 1.54) is 24.3 Å². The van der Waals surface area contributed by atoms with Crippen LogP contribution in [0.1, 0.15) is 31.1 Å². The number of anilines is 1. The quantitative estimate of drug-likeness (QED) is 0.402. The molecular formula is C24H29N3O6S. The molecule has 0 spiro atoms. The fraction of sp³-hybridized carbons (Fsp3) is 0.333. The summed E-state index contributed by atoms with van der Waals surface area (Å²) >= 11 is 0. The molecule has 1 amide bonds. The van der Waals surface area contributed by atoms with Crippen LogP contribution in [0.2, 0.25) is 0 Å². The van der Waals surface area contributed by atoms with Gasteiger partial charge in [0.15, 0.2) is 21.4 Å². The van der Waals surface area contributed by atoms with Crippen molar-refractivity contribution in [1.82, 2.24) is 9.78 Å². The molecule has 0 unspecified atom stereocenters. The minimum Gasteiger partial charge on any atom is -0.488 e. The summed E-state index contributed by atoms with van der Waals surface area (Å²) in [5.41, 5.74) is 0.326. The molecule has 0 N–H and O–H groups in total. The minimum absolute atomic E-state index is 0.181. The first-order valence-electron chi connectivity index (χ1n) is 10.7. The van der Waals surface area contributed by atoms with Crippen molar-refractivity contribution in [3.8, 4) is 11.5 Å². The molecule has 0 aliphatic rings. The summed E-state index contributed by atoms with van der Waals surface area (Å²) < 4.78 is 37.2. The van der Waals surface area contributed by atoms with Gasteiger partial charge in [0.1, 0.15) is 11.9 Å². The number of carbonyl (C=O) groups excluding carboxylic acids is 1. The molecule has 3 aromatic rings. The summed E-state index contributed by atoms with van der Waals surface area (Å²) in [7, 11) is -0.108. The van der Waals surface area contributed by atoms with Crippen LogP contribution in [0.5, 0.6) is 11.5 Å². The molecule has 9 nitrogen and oxygen atoms in total. The number of aromatic nitrogens is 2. The van der Waals surface area contributed by atoms with Gasteiger partial charge in [0.05, 0.1) is 16.8 Å². The number of hydroxylamine groups is 1. The van der Waals surface area contributed by atoms with Gasteiger partial charge in [-0.3, -0.25) is 9.48 Å². The summed E-state index contributed by atoms with van der Waals surface area (Å²) in [6.45, 7) is 5.51. The molecule has 0 aliphatic heterocycles. The molecule has 182 valence electrons. The lowest BCUT2D eigenvalue weighted by Gasteiger charge is -2.21. The highest BCUT2D eigenvalue weighted by Gasteiger charge is 2.24. The Balaban J connectivity index is 1.89. The molecule has 2 aromatic carbocycles. The van der Waals surface area contributed by atoms with E-state index >= 15 is 0 Å². The third-order valence-corrected chi connectivity index (χ3v) is 7.05. The molecule has 0 saturated carbocycles. The van der Waals surface area contributed by atoms with Crippen LogP contribution < -0.4 is 14.6 Å². The molecule has 1 aromatic heterocycles. The zero-order valence-electron chi connectivity index (χ0n) is 19.8. The number of carbonyl (C=O) groups is 1.